The summed E-state index contributed by atoms with van der Waals surface area (Å²) < 4.78 is 5.74. The molecule has 18 heavy (non-hydrogen) atoms. The molecule has 0 radical (unpaired) electrons. The molecule has 2 nitrogen and oxygen atoms in total. The monoisotopic (exact) mass is 249 g/mol. The number of nitrogens with zero attached hydrogens (tertiary/aromatic N) is 1. The van der Waals surface area contributed by atoms with E-state index < -0.39 is 0 Å². The Morgan fingerprint density at radius 2 is 1.83 bits per heavy atom. The highest BCUT2D eigenvalue weighted by atomic mass is 16.5. The highest BCUT2D eigenvalue weighted by molar-refractivity contribution is 5.26. The molecule has 2 heteroatoms. The van der Waals surface area contributed by atoms with Crippen LogP contribution in [0.25, 0.3) is 0 Å². The lowest BCUT2D eigenvalue weighted by atomic mass is 10.2. The Bertz CT molecular complexity index is 320. The fourth-order valence-corrected chi connectivity index (χ4v) is 2.04. The lowest BCUT2D eigenvalue weighted by Crippen LogP contribution is -2.33. The Labute approximate surface area is 112 Å². The van der Waals surface area contributed by atoms with Gasteiger partial charge in [0.15, 0.2) is 0 Å². The molecule has 102 valence electrons. The van der Waals surface area contributed by atoms with Crippen LogP contribution in [-0.4, -0.2) is 30.6 Å². The topological polar surface area (TPSA) is 12.5 Å². The standard InChI is InChI=1S/C16H27NO/c1-5-15(4)17(6-2)12-7-13-18-16-10-8-14(3)9-11-16/h8-11,15H,5-7,12-13H2,1-4H3/t15-/m1/s1. The molecule has 1 aromatic rings. The Morgan fingerprint density at radius 1 is 1.17 bits per heavy atom. The molecule has 0 amide bonds. The lowest BCUT2D eigenvalue weighted by Gasteiger charge is -2.26. The first-order chi connectivity index (χ1) is 8.67. The van der Waals surface area contributed by atoms with Crippen molar-refractivity contribution in [3.8, 4) is 5.75 Å². The second-order valence-electron chi connectivity index (χ2n) is 4.90. The number of benzene rings is 1. The van der Waals surface area contributed by atoms with Crippen LogP contribution >= 0.6 is 0 Å². The van der Waals surface area contributed by atoms with E-state index in [2.05, 4.69) is 44.7 Å². The van der Waals surface area contributed by atoms with E-state index in [1.54, 1.807) is 0 Å². The van der Waals surface area contributed by atoms with Crippen molar-refractivity contribution in [1.29, 1.82) is 0 Å². The van der Waals surface area contributed by atoms with Crippen molar-refractivity contribution < 1.29 is 4.74 Å². The summed E-state index contributed by atoms with van der Waals surface area (Å²) in [5.41, 5.74) is 1.27. The van der Waals surface area contributed by atoms with Gasteiger partial charge >= 0.3 is 0 Å². The van der Waals surface area contributed by atoms with E-state index in [-0.39, 0.29) is 0 Å². The van der Waals surface area contributed by atoms with Crippen molar-refractivity contribution in [2.75, 3.05) is 19.7 Å². The number of hydrogen-bond donors (Lipinski definition) is 0. The Morgan fingerprint density at radius 3 is 2.39 bits per heavy atom. The maximum absolute atomic E-state index is 5.74. The highest BCUT2D eigenvalue weighted by Gasteiger charge is 2.08. The Hall–Kier alpha value is -1.02. The molecule has 0 spiro atoms. The third kappa shape index (κ3) is 5.09. The molecule has 0 aliphatic heterocycles. The predicted molar refractivity (Wildman–Crippen MR) is 78.3 cm³/mol. The summed E-state index contributed by atoms with van der Waals surface area (Å²) >= 11 is 0. The third-order valence-electron chi connectivity index (χ3n) is 3.50. The van der Waals surface area contributed by atoms with Crippen LogP contribution < -0.4 is 4.74 Å². The van der Waals surface area contributed by atoms with Crippen LogP contribution in [0.5, 0.6) is 5.75 Å². The SMILES string of the molecule is CC[C@@H](C)N(CC)CCCOc1ccc(C)cc1. The smallest absolute Gasteiger partial charge is 0.119 e. The molecular formula is C16H27NO. The van der Waals surface area contributed by atoms with Crippen molar-refractivity contribution in [3.63, 3.8) is 0 Å². The first-order valence-electron chi connectivity index (χ1n) is 7.10. The molecular weight excluding hydrogens is 222 g/mol. The van der Waals surface area contributed by atoms with E-state index in [1.165, 1.54) is 12.0 Å². The second-order valence-corrected chi connectivity index (χ2v) is 4.90. The zero-order valence-corrected chi connectivity index (χ0v) is 12.3. The summed E-state index contributed by atoms with van der Waals surface area (Å²) in [6.45, 7) is 11.9. The minimum atomic E-state index is 0.675. The average molecular weight is 249 g/mol. The largest absolute Gasteiger partial charge is 0.494 e. The lowest BCUT2D eigenvalue weighted by molar-refractivity contribution is 0.193. The predicted octanol–water partition coefficient (Wildman–Crippen LogP) is 3.88. The van der Waals surface area contributed by atoms with E-state index in [4.69, 9.17) is 4.74 Å². The van der Waals surface area contributed by atoms with Crippen molar-refractivity contribution in [1.82, 2.24) is 4.90 Å². The van der Waals surface area contributed by atoms with Crippen LogP contribution in [0, 0.1) is 6.92 Å². The molecule has 0 N–H and O–H groups in total. The zero-order chi connectivity index (χ0) is 13.4. The van der Waals surface area contributed by atoms with Gasteiger partial charge in [0, 0.05) is 12.6 Å². The van der Waals surface area contributed by atoms with Gasteiger partial charge in [0.05, 0.1) is 6.61 Å². The number of rotatable bonds is 8. The molecule has 0 aromatic heterocycles. The van der Waals surface area contributed by atoms with E-state index in [1.807, 2.05) is 12.1 Å². The molecule has 0 unspecified atom stereocenters. The molecule has 0 aliphatic carbocycles. The second kappa shape index (κ2) is 8.15. The normalized spacial score (nSPS) is 12.7. The molecule has 0 saturated heterocycles. The van der Waals surface area contributed by atoms with Crippen LogP contribution in [0.15, 0.2) is 24.3 Å². The maximum atomic E-state index is 5.74. The van der Waals surface area contributed by atoms with Gasteiger partial charge in [-0.25, -0.2) is 0 Å². The van der Waals surface area contributed by atoms with E-state index in [0.717, 1.165) is 31.9 Å². The minimum Gasteiger partial charge on any atom is -0.494 e. The van der Waals surface area contributed by atoms with Gasteiger partial charge in [-0.1, -0.05) is 31.5 Å². The summed E-state index contributed by atoms with van der Waals surface area (Å²) in [4.78, 5) is 2.51. The van der Waals surface area contributed by atoms with Crippen LogP contribution in [0.4, 0.5) is 0 Å². The van der Waals surface area contributed by atoms with Crippen molar-refractivity contribution >= 4 is 0 Å². The molecule has 0 heterocycles. The fraction of sp³-hybridized carbons (Fsp3) is 0.625. The summed E-state index contributed by atoms with van der Waals surface area (Å²) in [5.74, 6) is 0.979. The van der Waals surface area contributed by atoms with Crippen molar-refractivity contribution in [2.24, 2.45) is 0 Å². The third-order valence-corrected chi connectivity index (χ3v) is 3.50. The van der Waals surface area contributed by atoms with Crippen LogP contribution in [0.1, 0.15) is 39.2 Å². The molecule has 0 saturated carbocycles. The quantitative estimate of drug-likeness (QED) is 0.648. The fourth-order valence-electron chi connectivity index (χ4n) is 2.04. The van der Waals surface area contributed by atoms with E-state index in [0.29, 0.717) is 6.04 Å². The Balaban J connectivity index is 2.23. The average Bonchev–Trinajstić information content (AvgIpc) is 2.40. The van der Waals surface area contributed by atoms with Gasteiger partial charge < -0.3 is 9.64 Å². The van der Waals surface area contributed by atoms with Crippen molar-refractivity contribution in [3.05, 3.63) is 29.8 Å². The van der Waals surface area contributed by atoms with Gasteiger partial charge in [-0.15, -0.1) is 0 Å². The molecule has 0 bridgehead atoms. The number of aryl methyl sites for hydroxylation is 1. The summed E-state index contributed by atoms with van der Waals surface area (Å²) in [7, 11) is 0. The van der Waals surface area contributed by atoms with Gasteiger partial charge in [-0.3, -0.25) is 0 Å². The first kappa shape index (κ1) is 15.0. The molecule has 0 aliphatic rings. The number of hydrogen-bond acceptors (Lipinski definition) is 2. The summed E-state index contributed by atoms with van der Waals surface area (Å²) in [6.07, 6.45) is 2.30. The van der Waals surface area contributed by atoms with Crippen LogP contribution in [0.2, 0.25) is 0 Å². The minimum absolute atomic E-state index is 0.675. The van der Waals surface area contributed by atoms with E-state index >= 15 is 0 Å². The van der Waals surface area contributed by atoms with Crippen LogP contribution in [-0.2, 0) is 0 Å². The molecule has 1 rings (SSSR count). The summed E-state index contributed by atoms with van der Waals surface area (Å²) in [5, 5.41) is 0. The van der Waals surface area contributed by atoms with Gasteiger partial charge in [0.1, 0.15) is 5.75 Å². The van der Waals surface area contributed by atoms with Gasteiger partial charge in [0.2, 0.25) is 0 Å². The van der Waals surface area contributed by atoms with Crippen molar-refractivity contribution in [2.45, 2.75) is 46.6 Å². The van der Waals surface area contributed by atoms with Gasteiger partial charge in [-0.2, -0.15) is 0 Å². The Kier molecular flexibility index (Phi) is 6.81. The number of ether oxygens (including phenoxy) is 1. The highest BCUT2D eigenvalue weighted by Crippen LogP contribution is 2.12. The molecule has 0 fully saturated rings. The maximum Gasteiger partial charge on any atom is 0.119 e. The van der Waals surface area contributed by atoms with E-state index in [9.17, 15) is 0 Å². The first-order valence-corrected chi connectivity index (χ1v) is 7.10. The zero-order valence-electron chi connectivity index (χ0n) is 12.3. The van der Waals surface area contributed by atoms with Gasteiger partial charge in [0.25, 0.3) is 0 Å². The molecule has 1 atom stereocenters. The van der Waals surface area contributed by atoms with Crippen LogP contribution in [0.3, 0.4) is 0 Å². The molecule has 1 aromatic carbocycles. The summed E-state index contributed by atoms with van der Waals surface area (Å²) in [6, 6.07) is 8.94. The van der Waals surface area contributed by atoms with Gasteiger partial charge in [-0.05, 0) is 45.4 Å².